The number of ether oxygens (including phenoxy) is 1. The lowest BCUT2D eigenvalue weighted by molar-refractivity contribution is 0.476. The van der Waals surface area contributed by atoms with Gasteiger partial charge in [-0.05, 0) is 40.2 Å². The van der Waals surface area contributed by atoms with Gasteiger partial charge in [-0.1, -0.05) is 11.6 Å². The Morgan fingerprint density at radius 2 is 1.83 bits per heavy atom. The van der Waals surface area contributed by atoms with Gasteiger partial charge in [-0.25, -0.2) is 8.78 Å². The van der Waals surface area contributed by atoms with Crippen LogP contribution in [-0.4, -0.2) is 0 Å². The summed E-state index contributed by atoms with van der Waals surface area (Å²) in [6, 6.07) is 6.38. The van der Waals surface area contributed by atoms with Crippen LogP contribution in [-0.2, 0) is 0 Å². The van der Waals surface area contributed by atoms with E-state index in [1.165, 1.54) is 24.3 Å². The average Bonchev–Trinajstić information content (AvgIpc) is 2.31. The van der Waals surface area contributed by atoms with Crippen LogP contribution in [0.15, 0.2) is 34.8 Å². The van der Waals surface area contributed by atoms with Gasteiger partial charge in [0.25, 0.3) is 0 Å². The first-order valence-electron chi connectivity index (χ1n) is 4.85. The number of nitrogen functional groups attached to an aromatic ring is 1. The molecule has 18 heavy (non-hydrogen) atoms. The maximum absolute atomic E-state index is 13.3. The molecular formula is C12H7BrClF2NO. The minimum atomic E-state index is -0.637. The minimum Gasteiger partial charge on any atom is -0.455 e. The maximum Gasteiger partial charge on any atom is 0.153 e. The molecule has 0 aromatic heterocycles. The summed E-state index contributed by atoms with van der Waals surface area (Å²) < 4.78 is 31.9. The molecule has 2 rings (SSSR count). The quantitative estimate of drug-likeness (QED) is 0.804. The second kappa shape index (κ2) is 5.12. The Labute approximate surface area is 115 Å². The SMILES string of the molecule is Nc1cc(Cl)c(F)cc1Oc1ccc(F)c(Br)c1. The Balaban J connectivity index is 2.34. The van der Waals surface area contributed by atoms with Crippen LogP contribution in [0.2, 0.25) is 5.02 Å². The summed E-state index contributed by atoms with van der Waals surface area (Å²) in [6.45, 7) is 0. The molecule has 0 heterocycles. The Hall–Kier alpha value is -1.33. The summed E-state index contributed by atoms with van der Waals surface area (Å²) in [7, 11) is 0. The molecule has 0 unspecified atom stereocenters. The first-order valence-corrected chi connectivity index (χ1v) is 6.02. The minimum absolute atomic E-state index is 0.0832. The van der Waals surface area contributed by atoms with Gasteiger partial charge in [0.15, 0.2) is 5.75 Å². The molecule has 2 aromatic carbocycles. The highest BCUT2D eigenvalue weighted by atomic mass is 79.9. The van der Waals surface area contributed by atoms with Crippen molar-refractivity contribution >= 4 is 33.2 Å². The van der Waals surface area contributed by atoms with Gasteiger partial charge in [-0.15, -0.1) is 0 Å². The predicted octanol–water partition coefficient (Wildman–Crippen LogP) is 4.76. The molecule has 2 nitrogen and oxygen atoms in total. The number of rotatable bonds is 2. The smallest absolute Gasteiger partial charge is 0.153 e. The summed E-state index contributed by atoms with van der Waals surface area (Å²) in [5.74, 6) is -0.605. The maximum atomic E-state index is 13.3. The first kappa shape index (κ1) is 13.1. The molecule has 0 aliphatic rings. The van der Waals surface area contributed by atoms with Crippen LogP contribution in [0.25, 0.3) is 0 Å². The first-order chi connectivity index (χ1) is 8.47. The van der Waals surface area contributed by atoms with E-state index in [1.54, 1.807) is 0 Å². The third-order valence-corrected chi connectivity index (χ3v) is 3.07. The molecule has 0 atom stereocenters. The highest BCUT2D eigenvalue weighted by Crippen LogP contribution is 2.33. The van der Waals surface area contributed by atoms with E-state index in [1.807, 2.05) is 0 Å². The molecule has 0 fully saturated rings. The van der Waals surface area contributed by atoms with Gasteiger partial charge in [0.05, 0.1) is 15.2 Å². The van der Waals surface area contributed by atoms with E-state index in [-0.39, 0.29) is 20.9 Å². The summed E-state index contributed by atoms with van der Waals surface area (Å²) >= 11 is 8.59. The fourth-order valence-electron chi connectivity index (χ4n) is 1.30. The van der Waals surface area contributed by atoms with Gasteiger partial charge in [-0.3, -0.25) is 0 Å². The second-order valence-corrected chi connectivity index (χ2v) is 4.74. The van der Waals surface area contributed by atoms with E-state index < -0.39 is 11.6 Å². The number of benzene rings is 2. The van der Waals surface area contributed by atoms with Crippen LogP contribution in [0.4, 0.5) is 14.5 Å². The molecule has 0 radical (unpaired) electrons. The van der Waals surface area contributed by atoms with Crippen LogP contribution in [0.3, 0.4) is 0 Å². The van der Waals surface area contributed by atoms with E-state index in [0.717, 1.165) is 6.07 Å². The third kappa shape index (κ3) is 2.73. The molecule has 0 saturated heterocycles. The van der Waals surface area contributed by atoms with Gasteiger partial charge < -0.3 is 10.5 Å². The molecule has 6 heteroatoms. The fourth-order valence-corrected chi connectivity index (χ4v) is 1.83. The zero-order chi connectivity index (χ0) is 13.3. The Kier molecular flexibility index (Phi) is 3.73. The van der Waals surface area contributed by atoms with E-state index in [2.05, 4.69) is 15.9 Å². The van der Waals surface area contributed by atoms with Crippen molar-refractivity contribution in [3.63, 3.8) is 0 Å². The predicted molar refractivity (Wildman–Crippen MR) is 70.0 cm³/mol. The Morgan fingerprint density at radius 1 is 1.11 bits per heavy atom. The van der Waals surface area contributed by atoms with Crippen LogP contribution < -0.4 is 10.5 Å². The summed E-state index contributed by atoms with van der Waals surface area (Å²) in [5, 5.41) is -0.0832. The van der Waals surface area contributed by atoms with Gasteiger partial charge in [0, 0.05) is 6.07 Å². The number of anilines is 1. The number of halogens is 4. The van der Waals surface area contributed by atoms with E-state index in [9.17, 15) is 8.78 Å². The summed E-state index contributed by atoms with van der Waals surface area (Å²) in [6.07, 6.45) is 0. The largest absolute Gasteiger partial charge is 0.455 e. The van der Waals surface area contributed by atoms with Crippen LogP contribution >= 0.6 is 27.5 Å². The summed E-state index contributed by atoms with van der Waals surface area (Å²) in [4.78, 5) is 0. The molecule has 94 valence electrons. The zero-order valence-electron chi connectivity index (χ0n) is 8.88. The normalized spacial score (nSPS) is 10.4. The van der Waals surface area contributed by atoms with Crippen molar-refractivity contribution in [3.8, 4) is 11.5 Å². The van der Waals surface area contributed by atoms with Crippen molar-refractivity contribution < 1.29 is 13.5 Å². The Morgan fingerprint density at radius 3 is 2.50 bits per heavy atom. The van der Waals surface area contributed by atoms with Crippen molar-refractivity contribution in [2.24, 2.45) is 0 Å². The molecule has 2 N–H and O–H groups in total. The van der Waals surface area contributed by atoms with Crippen LogP contribution in [0.1, 0.15) is 0 Å². The van der Waals surface area contributed by atoms with E-state index in [4.69, 9.17) is 22.1 Å². The molecule has 2 aromatic rings. The Bertz CT molecular complexity index is 607. The van der Waals surface area contributed by atoms with Crippen molar-refractivity contribution in [1.29, 1.82) is 0 Å². The van der Waals surface area contributed by atoms with E-state index in [0.29, 0.717) is 5.75 Å². The molecule has 0 aliphatic carbocycles. The lowest BCUT2D eigenvalue weighted by atomic mass is 10.3. The topological polar surface area (TPSA) is 35.2 Å². The average molecular weight is 335 g/mol. The lowest BCUT2D eigenvalue weighted by Gasteiger charge is -2.09. The van der Waals surface area contributed by atoms with Crippen molar-refractivity contribution in [2.75, 3.05) is 5.73 Å². The molecule has 0 spiro atoms. The molecule has 0 aliphatic heterocycles. The standard InChI is InChI=1S/C12H7BrClF2NO/c13-7-3-6(1-2-9(7)15)18-12-5-10(16)8(14)4-11(12)17/h1-5H,17H2. The monoisotopic (exact) mass is 333 g/mol. The van der Waals surface area contributed by atoms with Crippen molar-refractivity contribution in [2.45, 2.75) is 0 Å². The second-order valence-electron chi connectivity index (χ2n) is 3.48. The van der Waals surface area contributed by atoms with Gasteiger partial charge >= 0.3 is 0 Å². The van der Waals surface area contributed by atoms with Crippen molar-refractivity contribution in [3.05, 3.63) is 51.5 Å². The van der Waals surface area contributed by atoms with Crippen LogP contribution in [0.5, 0.6) is 11.5 Å². The van der Waals surface area contributed by atoms with Gasteiger partial charge in [0.1, 0.15) is 17.4 Å². The molecule has 0 bridgehead atoms. The van der Waals surface area contributed by atoms with Crippen LogP contribution in [0, 0.1) is 11.6 Å². The highest BCUT2D eigenvalue weighted by molar-refractivity contribution is 9.10. The molecular weight excluding hydrogens is 327 g/mol. The number of nitrogens with two attached hydrogens (primary N) is 1. The van der Waals surface area contributed by atoms with Gasteiger partial charge in [-0.2, -0.15) is 0 Å². The highest BCUT2D eigenvalue weighted by Gasteiger charge is 2.09. The fraction of sp³-hybridized carbons (Fsp3) is 0. The van der Waals surface area contributed by atoms with Crippen molar-refractivity contribution in [1.82, 2.24) is 0 Å². The number of hydrogen-bond acceptors (Lipinski definition) is 2. The van der Waals surface area contributed by atoms with E-state index >= 15 is 0 Å². The third-order valence-electron chi connectivity index (χ3n) is 2.17. The number of hydrogen-bond donors (Lipinski definition) is 1. The molecule has 0 saturated carbocycles. The van der Waals surface area contributed by atoms with Gasteiger partial charge in [0.2, 0.25) is 0 Å². The zero-order valence-corrected chi connectivity index (χ0v) is 11.2. The molecule has 0 amide bonds. The lowest BCUT2D eigenvalue weighted by Crippen LogP contribution is -1.94. The summed E-state index contributed by atoms with van der Waals surface area (Å²) in [5.41, 5.74) is 5.84.